The van der Waals surface area contributed by atoms with Crippen LogP contribution in [0.1, 0.15) is 21.5 Å². The summed E-state index contributed by atoms with van der Waals surface area (Å²) >= 11 is 0. The van der Waals surface area contributed by atoms with Gasteiger partial charge in [0, 0.05) is 5.69 Å². The third-order valence-corrected chi connectivity index (χ3v) is 2.88. The molecule has 0 atom stereocenters. The summed E-state index contributed by atoms with van der Waals surface area (Å²) in [6.07, 6.45) is 0. The van der Waals surface area contributed by atoms with Crippen LogP contribution in [0.3, 0.4) is 0 Å². The van der Waals surface area contributed by atoms with Gasteiger partial charge >= 0.3 is 5.97 Å². The molecule has 0 saturated heterocycles. The van der Waals surface area contributed by atoms with Crippen LogP contribution >= 0.6 is 0 Å². The zero-order valence-corrected chi connectivity index (χ0v) is 11.9. The van der Waals surface area contributed by atoms with Crippen molar-refractivity contribution in [1.82, 2.24) is 0 Å². The first-order chi connectivity index (χ1) is 11.1. The van der Waals surface area contributed by atoms with Crippen molar-refractivity contribution in [2.24, 2.45) is 0 Å². The summed E-state index contributed by atoms with van der Waals surface area (Å²) in [5, 5.41) is 19.9. The minimum absolute atomic E-state index is 0.259. The number of anilines is 1. The molecule has 0 aliphatic heterocycles. The second kappa shape index (κ2) is 7.39. The molecule has 0 spiro atoms. The van der Waals surface area contributed by atoms with Gasteiger partial charge in [0.1, 0.15) is 0 Å². The standard InChI is InChI=1S/C17H11N3O3/c18-9-12-1-5-14(6-2-12)17(22)23-11-16(21)20-15-7-3-13(10-19)4-8-15/h1-8H,11H2,(H,20,21). The van der Waals surface area contributed by atoms with E-state index >= 15 is 0 Å². The fourth-order valence-corrected chi connectivity index (χ4v) is 1.72. The highest BCUT2D eigenvalue weighted by Gasteiger charge is 2.10. The van der Waals surface area contributed by atoms with Crippen molar-refractivity contribution in [3.63, 3.8) is 0 Å². The maximum absolute atomic E-state index is 11.8. The van der Waals surface area contributed by atoms with Crippen molar-refractivity contribution < 1.29 is 14.3 Å². The van der Waals surface area contributed by atoms with Gasteiger partial charge in [-0.3, -0.25) is 4.79 Å². The third-order valence-electron chi connectivity index (χ3n) is 2.88. The van der Waals surface area contributed by atoms with E-state index in [-0.39, 0.29) is 5.56 Å². The maximum Gasteiger partial charge on any atom is 0.338 e. The first kappa shape index (κ1) is 15.7. The highest BCUT2D eigenvalue weighted by Crippen LogP contribution is 2.09. The lowest BCUT2D eigenvalue weighted by molar-refractivity contribution is -0.119. The zero-order chi connectivity index (χ0) is 16.7. The molecule has 0 heterocycles. The van der Waals surface area contributed by atoms with Crippen molar-refractivity contribution in [3.05, 3.63) is 65.2 Å². The Morgan fingerprint density at radius 1 is 0.913 bits per heavy atom. The summed E-state index contributed by atoms with van der Waals surface area (Å²) < 4.78 is 4.89. The highest BCUT2D eigenvalue weighted by atomic mass is 16.5. The van der Waals surface area contributed by atoms with E-state index in [1.807, 2.05) is 12.1 Å². The fraction of sp³-hybridized carbons (Fsp3) is 0.0588. The van der Waals surface area contributed by atoms with Crippen LogP contribution in [-0.2, 0) is 9.53 Å². The van der Waals surface area contributed by atoms with Gasteiger partial charge in [-0.05, 0) is 48.5 Å². The highest BCUT2D eigenvalue weighted by molar-refractivity contribution is 5.95. The van der Waals surface area contributed by atoms with Crippen molar-refractivity contribution in [2.45, 2.75) is 0 Å². The normalized spacial score (nSPS) is 9.30. The summed E-state index contributed by atoms with van der Waals surface area (Å²) in [6.45, 7) is -0.432. The van der Waals surface area contributed by atoms with Crippen LogP contribution in [0, 0.1) is 22.7 Å². The predicted octanol–water partition coefficient (Wildman–Crippen LogP) is 2.23. The Morgan fingerprint density at radius 3 is 1.96 bits per heavy atom. The predicted molar refractivity (Wildman–Crippen MR) is 81.2 cm³/mol. The summed E-state index contributed by atoms with van der Waals surface area (Å²) in [4.78, 5) is 23.5. The minimum atomic E-state index is -0.649. The molecule has 0 aromatic heterocycles. The van der Waals surface area contributed by atoms with Gasteiger partial charge in [0.05, 0.1) is 28.8 Å². The van der Waals surface area contributed by atoms with E-state index in [9.17, 15) is 9.59 Å². The Balaban J connectivity index is 1.86. The Bertz CT molecular complexity index is 797. The van der Waals surface area contributed by atoms with E-state index < -0.39 is 18.5 Å². The van der Waals surface area contributed by atoms with Crippen molar-refractivity contribution in [1.29, 1.82) is 10.5 Å². The van der Waals surface area contributed by atoms with Crippen molar-refractivity contribution in [2.75, 3.05) is 11.9 Å². The van der Waals surface area contributed by atoms with Gasteiger partial charge in [-0.1, -0.05) is 0 Å². The van der Waals surface area contributed by atoms with E-state index in [4.69, 9.17) is 15.3 Å². The average molecular weight is 305 g/mol. The maximum atomic E-state index is 11.8. The molecule has 0 radical (unpaired) electrons. The molecule has 23 heavy (non-hydrogen) atoms. The third kappa shape index (κ3) is 4.42. The minimum Gasteiger partial charge on any atom is -0.452 e. The van der Waals surface area contributed by atoms with Gasteiger partial charge in [-0.25, -0.2) is 4.79 Å². The lowest BCUT2D eigenvalue weighted by Gasteiger charge is -2.06. The summed E-state index contributed by atoms with van der Waals surface area (Å²) in [7, 11) is 0. The largest absolute Gasteiger partial charge is 0.452 e. The average Bonchev–Trinajstić information content (AvgIpc) is 2.60. The number of nitrogens with one attached hydrogen (secondary N) is 1. The Kier molecular flexibility index (Phi) is 5.06. The van der Waals surface area contributed by atoms with Crippen LogP contribution in [0.2, 0.25) is 0 Å². The van der Waals surface area contributed by atoms with Gasteiger partial charge < -0.3 is 10.1 Å². The van der Waals surface area contributed by atoms with Crippen LogP contribution < -0.4 is 5.32 Å². The topological polar surface area (TPSA) is 103 Å². The molecule has 0 unspecified atom stereocenters. The molecular weight excluding hydrogens is 294 g/mol. The quantitative estimate of drug-likeness (QED) is 0.872. The number of benzene rings is 2. The van der Waals surface area contributed by atoms with Gasteiger partial charge in [0.2, 0.25) is 0 Å². The number of nitrogens with zero attached hydrogens (tertiary/aromatic N) is 2. The molecule has 0 fully saturated rings. The Morgan fingerprint density at radius 2 is 1.43 bits per heavy atom. The van der Waals surface area contributed by atoms with Gasteiger partial charge in [-0.2, -0.15) is 10.5 Å². The van der Waals surface area contributed by atoms with Crippen LogP contribution in [0.5, 0.6) is 0 Å². The molecule has 6 heteroatoms. The molecule has 0 saturated carbocycles. The molecule has 2 aromatic carbocycles. The summed E-state index contributed by atoms with van der Waals surface area (Å²) in [5.41, 5.74) is 1.67. The van der Waals surface area contributed by atoms with Crippen LogP contribution in [-0.4, -0.2) is 18.5 Å². The number of nitriles is 2. The number of esters is 1. The lowest BCUT2D eigenvalue weighted by Crippen LogP contribution is -2.20. The smallest absolute Gasteiger partial charge is 0.338 e. The lowest BCUT2D eigenvalue weighted by atomic mass is 10.1. The summed E-state index contributed by atoms with van der Waals surface area (Å²) in [6, 6.07) is 16.1. The number of rotatable bonds is 4. The molecule has 2 aromatic rings. The number of hydrogen-bond donors (Lipinski definition) is 1. The van der Waals surface area contributed by atoms with Gasteiger partial charge in [0.25, 0.3) is 5.91 Å². The van der Waals surface area contributed by atoms with Crippen LogP contribution in [0.15, 0.2) is 48.5 Å². The van der Waals surface area contributed by atoms with Gasteiger partial charge in [-0.15, -0.1) is 0 Å². The van der Waals surface area contributed by atoms with Crippen LogP contribution in [0.25, 0.3) is 0 Å². The SMILES string of the molecule is N#Cc1ccc(NC(=O)COC(=O)c2ccc(C#N)cc2)cc1. The number of hydrogen-bond acceptors (Lipinski definition) is 5. The monoisotopic (exact) mass is 305 g/mol. The number of carbonyl (C=O) groups is 2. The molecule has 112 valence electrons. The Hall–Kier alpha value is -3.64. The van der Waals surface area contributed by atoms with Gasteiger partial charge in [0.15, 0.2) is 6.61 Å². The molecular formula is C17H11N3O3. The molecule has 0 bridgehead atoms. The first-order valence-corrected chi connectivity index (χ1v) is 6.59. The molecule has 1 amide bonds. The number of carbonyl (C=O) groups excluding carboxylic acids is 2. The molecule has 0 aliphatic carbocycles. The van der Waals surface area contributed by atoms with Crippen LogP contribution in [0.4, 0.5) is 5.69 Å². The molecule has 2 rings (SSSR count). The van der Waals surface area contributed by atoms with E-state index in [2.05, 4.69) is 5.32 Å². The molecule has 0 aliphatic rings. The Labute approximate surface area is 132 Å². The van der Waals surface area contributed by atoms with Crippen molar-refractivity contribution in [3.8, 4) is 12.1 Å². The molecule has 6 nitrogen and oxygen atoms in total. The van der Waals surface area contributed by atoms with E-state index in [1.54, 1.807) is 24.3 Å². The van der Waals surface area contributed by atoms with Crippen molar-refractivity contribution >= 4 is 17.6 Å². The summed E-state index contributed by atoms with van der Waals surface area (Å²) in [5.74, 6) is -1.14. The first-order valence-electron chi connectivity index (χ1n) is 6.59. The van der Waals surface area contributed by atoms with E-state index in [1.165, 1.54) is 24.3 Å². The fourth-order valence-electron chi connectivity index (χ4n) is 1.72. The van der Waals surface area contributed by atoms with E-state index in [0.29, 0.717) is 16.8 Å². The number of ether oxygens (including phenoxy) is 1. The second-order valence-electron chi connectivity index (χ2n) is 4.50. The molecule has 1 N–H and O–H groups in total. The number of amides is 1. The second-order valence-corrected chi connectivity index (χ2v) is 4.50. The van der Waals surface area contributed by atoms with E-state index in [0.717, 1.165) is 0 Å². The zero-order valence-electron chi connectivity index (χ0n) is 11.9.